The van der Waals surface area contributed by atoms with E-state index in [1.165, 1.54) is 6.08 Å². The van der Waals surface area contributed by atoms with Crippen LogP contribution in [0.4, 0.5) is 0 Å². The molecule has 0 bridgehead atoms. The Hall–Kier alpha value is -2.43. The van der Waals surface area contributed by atoms with Crippen LogP contribution in [0, 0.1) is 0 Å². The van der Waals surface area contributed by atoms with Crippen molar-refractivity contribution in [3.63, 3.8) is 0 Å². The lowest BCUT2D eigenvalue weighted by atomic mass is 10.1. The van der Waals surface area contributed by atoms with Gasteiger partial charge in [0.15, 0.2) is 11.5 Å². The summed E-state index contributed by atoms with van der Waals surface area (Å²) in [4.78, 5) is 11.5. The van der Waals surface area contributed by atoms with Crippen molar-refractivity contribution >= 4 is 12.0 Å². The van der Waals surface area contributed by atoms with E-state index in [9.17, 15) is 4.79 Å². The summed E-state index contributed by atoms with van der Waals surface area (Å²) in [7, 11) is 3.17. The zero-order valence-corrected chi connectivity index (χ0v) is 14.4. The molecule has 1 aromatic rings. The number of hydrogen-bond donors (Lipinski definition) is 0. The number of carbonyl (C=O) groups is 1. The van der Waals surface area contributed by atoms with Crippen LogP contribution >= 0.6 is 0 Å². The zero-order valence-electron chi connectivity index (χ0n) is 14.4. The Labute approximate surface area is 142 Å². The van der Waals surface area contributed by atoms with E-state index in [0.717, 1.165) is 18.4 Å². The molecule has 1 heterocycles. The van der Waals surface area contributed by atoms with Gasteiger partial charge in [0, 0.05) is 6.42 Å². The average molecular weight is 332 g/mol. The molecule has 0 aromatic heterocycles. The lowest BCUT2D eigenvalue weighted by Gasteiger charge is -2.19. The number of carbonyl (C=O) groups excluding carboxylic acids is 1. The molecule has 5 nitrogen and oxygen atoms in total. The van der Waals surface area contributed by atoms with Gasteiger partial charge in [-0.2, -0.15) is 0 Å². The number of rotatable bonds is 8. The third-order valence-electron chi connectivity index (χ3n) is 3.66. The van der Waals surface area contributed by atoms with Crippen LogP contribution < -0.4 is 9.47 Å². The van der Waals surface area contributed by atoms with Gasteiger partial charge in [0.1, 0.15) is 11.9 Å². The molecule has 5 heteroatoms. The molecule has 2 rings (SSSR count). The molecular formula is C19H24O5. The van der Waals surface area contributed by atoms with Crippen LogP contribution in [0.25, 0.3) is 6.08 Å². The van der Waals surface area contributed by atoms with Gasteiger partial charge < -0.3 is 18.9 Å². The van der Waals surface area contributed by atoms with E-state index in [1.54, 1.807) is 14.2 Å². The van der Waals surface area contributed by atoms with Gasteiger partial charge in [-0.25, -0.2) is 4.79 Å². The minimum atomic E-state index is -0.383. The first-order valence-electron chi connectivity index (χ1n) is 8.10. The maximum atomic E-state index is 11.5. The summed E-state index contributed by atoms with van der Waals surface area (Å²) in [6.07, 6.45) is 7.40. The zero-order chi connectivity index (χ0) is 17.4. The third kappa shape index (κ3) is 5.05. The molecule has 0 saturated heterocycles. The van der Waals surface area contributed by atoms with Gasteiger partial charge in [-0.05, 0) is 30.2 Å². The van der Waals surface area contributed by atoms with Crippen molar-refractivity contribution in [1.82, 2.24) is 0 Å². The van der Waals surface area contributed by atoms with Crippen LogP contribution in [0.3, 0.4) is 0 Å². The first-order valence-corrected chi connectivity index (χ1v) is 8.10. The summed E-state index contributed by atoms with van der Waals surface area (Å²) in [5.41, 5.74) is 0.951. The predicted molar refractivity (Wildman–Crippen MR) is 92.0 cm³/mol. The fraction of sp³-hybridized carbons (Fsp3) is 0.421. The van der Waals surface area contributed by atoms with E-state index in [4.69, 9.17) is 18.9 Å². The lowest BCUT2D eigenvalue weighted by molar-refractivity contribution is -0.142. The van der Waals surface area contributed by atoms with Crippen molar-refractivity contribution in [2.24, 2.45) is 0 Å². The molecule has 0 spiro atoms. The molecule has 0 radical (unpaired) electrons. The van der Waals surface area contributed by atoms with Crippen molar-refractivity contribution in [3.8, 4) is 11.5 Å². The van der Waals surface area contributed by atoms with Crippen LogP contribution in [0.15, 0.2) is 36.1 Å². The molecule has 24 heavy (non-hydrogen) atoms. The monoisotopic (exact) mass is 332 g/mol. The summed E-state index contributed by atoms with van der Waals surface area (Å²) in [6.45, 7) is 2.77. The van der Waals surface area contributed by atoms with Crippen molar-refractivity contribution in [1.29, 1.82) is 0 Å². The molecule has 0 amide bonds. The highest BCUT2D eigenvalue weighted by molar-refractivity contribution is 5.83. The van der Waals surface area contributed by atoms with Gasteiger partial charge in [-0.15, -0.1) is 0 Å². The van der Waals surface area contributed by atoms with Crippen molar-refractivity contribution < 1.29 is 23.7 Å². The number of hydrogen-bond acceptors (Lipinski definition) is 5. The second-order valence-electron chi connectivity index (χ2n) is 5.47. The van der Waals surface area contributed by atoms with E-state index in [-0.39, 0.29) is 12.1 Å². The normalized spacial score (nSPS) is 17.4. The third-order valence-corrected chi connectivity index (χ3v) is 3.66. The van der Waals surface area contributed by atoms with Crippen LogP contribution in [-0.4, -0.2) is 32.9 Å². The molecule has 130 valence electrons. The Kier molecular flexibility index (Phi) is 6.73. The van der Waals surface area contributed by atoms with Crippen molar-refractivity contribution in [3.05, 3.63) is 41.7 Å². The summed E-state index contributed by atoms with van der Waals surface area (Å²) >= 11 is 0. The van der Waals surface area contributed by atoms with Gasteiger partial charge in [0.25, 0.3) is 0 Å². The van der Waals surface area contributed by atoms with E-state index in [1.807, 2.05) is 30.4 Å². The summed E-state index contributed by atoms with van der Waals surface area (Å²) in [5.74, 6) is 1.66. The second kappa shape index (κ2) is 9.01. The van der Waals surface area contributed by atoms with E-state index in [0.29, 0.717) is 30.3 Å². The first kappa shape index (κ1) is 17.9. The molecule has 1 unspecified atom stereocenters. The molecule has 0 fully saturated rings. The predicted octanol–water partition coefficient (Wildman–Crippen LogP) is 3.73. The highest BCUT2D eigenvalue weighted by atomic mass is 16.5. The lowest BCUT2D eigenvalue weighted by Crippen LogP contribution is -2.21. The Morgan fingerprint density at radius 3 is 2.79 bits per heavy atom. The smallest absolute Gasteiger partial charge is 0.334 e. The van der Waals surface area contributed by atoms with E-state index >= 15 is 0 Å². The van der Waals surface area contributed by atoms with Gasteiger partial charge in [-0.3, -0.25) is 0 Å². The maximum absolute atomic E-state index is 11.5. The van der Waals surface area contributed by atoms with Gasteiger partial charge in [0.2, 0.25) is 0 Å². The number of cyclic esters (lactones) is 1. The fourth-order valence-electron chi connectivity index (χ4n) is 2.32. The SMILES string of the molecule is CCCCOc1cc(/C=C/C2CC(OC)=CC(=O)O2)ccc1OC. The largest absolute Gasteiger partial charge is 0.501 e. The quantitative estimate of drug-likeness (QED) is 0.536. The maximum Gasteiger partial charge on any atom is 0.334 e. The number of ether oxygens (including phenoxy) is 4. The first-order chi connectivity index (χ1) is 11.7. The minimum absolute atomic E-state index is 0.330. The Morgan fingerprint density at radius 2 is 2.08 bits per heavy atom. The number of methoxy groups -OCH3 is 2. The van der Waals surface area contributed by atoms with Gasteiger partial charge >= 0.3 is 5.97 Å². The van der Waals surface area contributed by atoms with Crippen LogP contribution in [0.1, 0.15) is 31.7 Å². The van der Waals surface area contributed by atoms with Crippen molar-refractivity contribution in [2.45, 2.75) is 32.3 Å². The topological polar surface area (TPSA) is 54.0 Å². The highest BCUT2D eigenvalue weighted by Gasteiger charge is 2.19. The highest BCUT2D eigenvalue weighted by Crippen LogP contribution is 2.29. The van der Waals surface area contributed by atoms with Gasteiger partial charge in [0.05, 0.1) is 26.9 Å². The van der Waals surface area contributed by atoms with Crippen LogP contribution in [0.5, 0.6) is 11.5 Å². The molecule has 1 atom stereocenters. The van der Waals surface area contributed by atoms with Crippen LogP contribution in [-0.2, 0) is 14.3 Å². The second-order valence-corrected chi connectivity index (χ2v) is 5.47. The summed E-state index contributed by atoms with van der Waals surface area (Å²) in [5, 5.41) is 0. The Morgan fingerprint density at radius 1 is 1.25 bits per heavy atom. The molecule has 1 aromatic carbocycles. The van der Waals surface area contributed by atoms with Gasteiger partial charge in [-0.1, -0.05) is 25.5 Å². The number of benzene rings is 1. The molecule has 0 N–H and O–H groups in total. The molecule has 1 aliphatic rings. The molecule has 0 saturated carbocycles. The van der Waals surface area contributed by atoms with Crippen LogP contribution in [0.2, 0.25) is 0 Å². The Balaban J connectivity index is 2.07. The summed E-state index contributed by atoms with van der Waals surface area (Å²) < 4.78 is 21.5. The Bertz CT molecular complexity index is 618. The minimum Gasteiger partial charge on any atom is -0.501 e. The molecule has 0 aliphatic carbocycles. The van der Waals surface area contributed by atoms with E-state index < -0.39 is 0 Å². The molecular weight excluding hydrogens is 308 g/mol. The standard InChI is InChI=1S/C19H24O5/c1-4-5-10-23-18-11-14(7-9-17(18)22-3)6-8-15-12-16(21-2)13-19(20)24-15/h6-9,11,13,15H,4-5,10,12H2,1-3H3/b8-6+. The number of unbranched alkanes of at least 4 members (excludes halogenated alkanes) is 1. The molecule has 1 aliphatic heterocycles. The van der Waals surface area contributed by atoms with Crippen molar-refractivity contribution in [2.75, 3.05) is 20.8 Å². The fourth-order valence-corrected chi connectivity index (χ4v) is 2.32. The average Bonchev–Trinajstić information content (AvgIpc) is 2.60. The van der Waals surface area contributed by atoms with E-state index in [2.05, 4.69) is 6.92 Å². The summed E-state index contributed by atoms with van der Waals surface area (Å²) in [6, 6.07) is 5.72. The number of esters is 1.